The lowest BCUT2D eigenvalue weighted by Crippen LogP contribution is -2.53. The van der Waals surface area contributed by atoms with Crippen LogP contribution in [0.4, 0.5) is 0 Å². The van der Waals surface area contributed by atoms with Gasteiger partial charge in [-0.15, -0.1) is 0 Å². The molecular weight excluding hydrogens is 466 g/mol. The summed E-state index contributed by atoms with van der Waals surface area (Å²) in [5, 5.41) is 20.4. The minimum atomic E-state index is -4.43. The molecule has 0 amide bonds. The van der Waals surface area contributed by atoms with Crippen molar-refractivity contribution >= 4 is 33.4 Å². The van der Waals surface area contributed by atoms with E-state index in [2.05, 4.69) is 5.32 Å². The molecule has 4 rings (SSSR count). The summed E-state index contributed by atoms with van der Waals surface area (Å²) >= 11 is 5.89. The lowest BCUT2D eigenvalue weighted by atomic mass is 10.1. The molecule has 0 spiro atoms. The highest BCUT2D eigenvalue weighted by molar-refractivity contribution is 7.92. The minimum Gasteiger partial charge on any atom is -0.480 e. The molecule has 0 saturated heterocycles. The summed E-state index contributed by atoms with van der Waals surface area (Å²) in [6, 6.07) is 21.4. The van der Waals surface area contributed by atoms with E-state index in [1.807, 2.05) is 0 Å². The van der Waals surface area contributed by atoms with Crippen molar-refractivity contribution in [2.75, 3.05) is 0 Å². The molecule has 1 aliphatic rings. The molecule has 1 unspecified atom stereocenters. The fourth-order valence-corrected chi connectivity index (χ4v) is 5.47. The fraction of sp³-hybridized carbons (Fsp3) is 0.167. The first-order valence-corrected chi connectivity index (χ1v) is 12.0. The van der Waals surface area contributed by atoms with Crippen LogP contribution in [0.3, 0.4) is 0 Å². The highest BCUT2D eigenvalue weighted by Gasteiger charge is 2.63. The third-order valence-corrected chi connectivity index (χ3v) is 7.95. The Bertz CT molecular complexity index is 1290. The topological polar surface area (TPSA) is 121 Å². The number of benzene rings is 3. The highest BCUT2D eigenvalue weighted by Crippen LogP contribution is 2.52. The standard InChI is InChI=1S/C24H20ClNO6S/c25-18-10-6-15(7-11-18)16-8-12-19(13-9-16)33(31,32)21(22(27)28)26-24(23(29)30)14-20(24)17-4-2-1-3-5-17/h1-13,20-21,26H,14H2,(H,27,28)(H,29,30)/t20-,21?,24+/m0/s1. The van der Waals surface area contributed by atoms with Gasteiger partial charge in [-0.2, -0.15) is 0 Å². The first-order chi connectivity index (χ1) is 15.6. The van der Waals surface area contributed by atoms with Gasteiger partial charge in [-0.3, -0.25) is 10.1 Å². The second kappa shape index (κ2) is 8.62. The first kappa shape index (κ1) is 23.0. The predicted octanol–water partition coefficient (Wildman–Crippen LogP) is 3.79. The number of carboxylic acid groups (broad SMARTS) is 2. The van der Waals surface area contributed by atoms with Crippen molar-refractivity contribution in [2.24, 2.45) is 0 Å². The maximum atomic E-state index is 13.2. The summed E-state index contributed by atoms with van der Waals surface area (Å²) in [7, 11) is -4.43. The number of carbonyl (C=O) groups is 2. The molecule has 3 aromatic rings. The number of aliphatic carboxylic acids is 2. The SMILES string of the molecule is O=C(O)C(N[C@]1(C(=O)O)C[C@H]1c1ccccc1)S(=O)(=O)c1ccc(-c2ccc(Cl)cc2)cc1. The van der Waals surface area contributed by atoms with Crippen molar-refractivity contribution in [3.63, 3.8) is 0 Å². The molecule has 3 aromatic carbocycles. The molecule has 170 valence electrons. The van der Waals surface area contributed by atoms with E-state index < -0.39 is 38.6 Å². The third kappa shape index (κ3) is 4.37. The van der Waals surface area contributed by atoms with Gasteiger partial charge < -0.3 is 10.2 Å². The second-order valence-electron chi connectivity index (χ2n) is 7.88. The molecule has 33 heavy (non-hydrogen) atoms. The zero-order valence-corrected chi connectivity index (χ0v) is 18.8. The maximum Gasteiger partial charge on any atom is 0.337 e. The molecule has 0 bridgehead atoms. The predicted molar refractivity (Wildman–Crippen MR) is 123 cm³/mol. The molecule has 1 saturated carbocycles. The Balaban J connectivity index is 1.62. The van der Waals surface area contributed by atoms with Crippen LogP contribution in [-0.2, 0) is 19.4 Å². The Morgan fingerprint density at radius 3 is 1.97 bits per heavy atom. The normalized spacial score (nSPS) is 20.7. The minimum absolute atomic E-state index is 0.0845. The second-order valence-corrected chi connectivity index (χ2v) is 10.4. The largest absolute Gasteiger partial charge is 0.480 e. The van der Waals surface area contributed by atoms with E-state index in [0.717, 1.165) is 11.1 Å². The first-order valence-electron chi connectivity index (χ1n) is 10.0. The molecule has 9 heteroatoms. The van der Waals surface area contributed by atoms with Crippen LogP contribution in [0.15, 0.2) is 83.8 Å². The van der Waals surface area contributed by atoms with E-state index in [1.165, 1.54) is 12.1 Å². The van der Waals surface area contributed by atoms with Gasteiger partial charge in [-0.05, 0) is 47.4 Å². The molecule has 0 aromatic heterocycles. The number of hydrogen-bond acceptors (Lipinski definition) is 5. The van der Waals surface area contributed by atoms with Gasteiger partial charge in [0.15, 0.2) is 0 Å². The summed E-state index contributed by atoms with van der Waals surface area (Å²) in [6.45, 7) is 0. The number of hydrogen-bond donors (Lipinski definition) is 3. The smallest absolute Gasteiger partial charge is 0.337 e. The van der Waals surface area contributed by atoms with Crippen LogP contribution < -0.4 is 5.32 Å². The fourth-order valence-electron chi connectivity index (χ4n) is 3.93. The molecule has 0 heterocycles. The zero-order valence-electron chi connectivity index (χ0n) is 17.2. The van der Waals surface area contributed by atoms with Gasteiger partial charge in [0.05, 0.1) is 4.90 Å². The van der Waals surface area contributed by atoms with Gasteiger partial charge in [0.1, 0.15) is 5.54 Å². The van der Waals surface area contributed by atoms with Crippen LogP contribution >= 0.6 is 11.6 Å². The van der Waals surface area contributed by atoms with Gasteiger partial charge in [-0.1, -0.05) is 66.2 Å². The number of nitrogens with one attached hydrogen (secondary N) is 1. The van der Waals surface area contributed by atoms with Crippen LogP contribution in [-0.4, -0.2) is 41.5 Å². The Morgan fingerprint density at radius 1 is 0.909 bits per heavy atom. The van der Waals surface area contributed by atoms with Crippen molar-refractivity contribution in [2.45, 2.75) is 28.1 Å². The summed E-state index contributed by atoms with van der Waals surface area (Å²) in [6.07, 6.45) is 0.0845. The van der Waals surface area contributed by atoms with E-state index in [1.54, 1.807) is 66.7 Å². The molecule has 1 fully saturated rings. The molecule has 7 nitrogen and oxygen atoms in total. The van der Waals surface area contributed by atoms with E-state index in [9.17, 15) is 28.2 Å². The van der Waals surface area contributed by atoms with Crippen molar-refractivity contribution in [3.8, 4) is 11.1 Å². The monoisotopic (exact) mass is 485 g/mol. The van der Waals surface area contributed by atoms with E-state index in [4.69, 9.17) is 11.6 Å². The van der Waals surface area contributed by atoms with Crippen molar-refractivity contribution in [1.82, 2.24) is 5.32 Å². The van der Waals surface area contributed by atoms with Crippen LogP contribution in [0.25, 0.3) is 11.1 Å². The summed E-state index contributed by atoms with van der Waals surface area (Å²) < 4.78 is 26.4. The van der Waals surface area contributed by atoms with Gasteiger partial charge >= 0.3 is 11.9 Å². The average molecular weight is 486 g/mol. The summed E-state index contributed by atoms with van der Waals surface area (Å²) in [5.41, 5.74) is 0.547. The quantitative estimate of drug-likeness (QED) is 0.443. The molecule has 3 atom stereocenters. The Hall–Kier alpha value is -3.20. The van der Waals surface area contributed by atoms with Crippen LogP contribution in [0.1, 0.15) is 17.9 Å². The average Bonchev–Trinajstić information content (AvgIpc) is 3.54. The number of carboxylic acids is 2. The molecular formula is C24H20ClNO6S. The van der Waals surface area contributed by atoms with Crippen molar-refractivity contribution in [1.29, 1.82) is 0 Å². The Morgan fingerprint density at radius 2 is 1.45 bits per heavy atom. The Labute approximate surface area is 195 Å². The van der Waals surface area contributed by atoms with E-state index in [0.29, 0.717) is 10.6 Å². The van der Waals surface area contributed by atoms with E-state index in [-0.39, 0.29) is 11.3 Å². The van der Waals surface area contributed by atoms with Crippen LogP contribution in [0.5, 0.6) is 0 Å². The Kier molecular flexibility index (Phi) is 6.00. The molecule has 0 radical (unpaired) electrons. The van der Waals surface area contributed by atoms with Crippen molar-refractivity contribution in [3.05, 3.63) is 89.4 Å². The highest BCUT2D eigenvalue weighted by atomic mass is 35.5. The van der Waals surface area contributed by atoms with Gasteiger partial charge in [-0.25, -0.2) is 13.2 Å². The van der Waals surface area contributed by atoms with Gasteiger partial charge in [0.25, 0.3) is 0 Å². The lowest BCUT2D eigenvalue weighted by Gasteiger charge is -2.21. The molecule has 0 aliphatic heterocycles. The molecule has 3 N–H and O–H groups in total. The number of halogens is 1. The van der Waals surface area contributed by atoms with Gasteiger partial charge in [0, 0.05) is 10.9 Å². The summed E-state index contributed by atoms with van der Waals surface area (Å²) in [5.74, 6) is -3.51. The van der Waals surface area contributed by atoms with Crippen molar-refractivity contribution < 1.29 is 28.2 Å². The number of rotatable bonds is 8. The maximum absolute atomic E-state index is 13.2. The summed E-state index contributed by atoms with van der Waals surface area (Å²) in [4.78, 5) is 23.8. The third-order valence-electron chi connectivity index (χ3n) is 5.83. The van der Waals surface area contributed by atoms with Crippen LogP contribution in [0, 0.1) is 0 Å². The zero-order chi connectivity index (χ0) is 23.8. The van der Waals surface area contributed by atoms with E-state index >= 15 is 0 Å². The number of sulfone groups is 1. The lowest BCUT2D eigenvalue weighted by molar-refractivity contribution is -0.142. The van der Waals surface area contributed by atoms with Crippen LogP contribution in [0.2, 0.25) is 5.02 Å². The van der Waals surface area contributed by atoms with Gasteiger partial charge in [0.2, 0.25) is 15.2 Å². The molecule has 1 aliphatic carbocycles.